The van der Waals surface area contributed by atoms with Gasteiger partial charge in [0.05, 0.1) is 10.5 Å². The van der Waals surface area contributed by atoms with E-state index in [1.165, 1.54) is 40.3 Å². The van der Waals surface area contributed by atoms with Gasteiger partial charge in [-0.1, -0.05) is 0 Å². The second kappa shape index (κ2) is 8.72. The molecule has 1 saturated heterocycles. The molecule has 0 atom stereocenters. The predicted octanol–water partition coefficient (Wildman–Crippen LogP) is 1.66. The van der Waals surface area contributed by atoms with Crippen LogP contribution in [0.1, 0.15) is 33.6 Å². The van der Waals surface area contributed by atoms with E-state index in [1.54, 1.807) is 24.6 Å². The molecule has 2 N–H and O–H groups in total. The first-order valence-corrected chi connectivity index (χ1v) is 11.3. The fourth-order valence-electron chi connectivity index (χ4n) is 2.84. The van der Waals surface area contributed by atoms with Crippen LogP contribution in [0.15, 0.2) is 52.5 Å². The number of amides is 2. The lowest BCUT2D eigenvalue weighted by atomic mass is 10.2. The first-order valence-electron chi connectivity index (χ1n) is 8.63. The van der Waals surface area contributed by atoms with E-state index in [1.807, 2.05) is 0 Å². The van der Waals surface area contributed by atoms with Gasteiger partial charge in [-0.2, -0.15) is 4.31 Å². The molecule has 0 radical (unpaired) electrons. The van der Waals surface area contributed by atoms with Crippen molar-refractivity contribution in [2.24, 2.45) is 0 Å². The van der Waals surface area contributed by atoms with E-state index in [2.05, 4.69) is 15.8 Å². The van der Waals surface area contributed by atoms with Gasteiger partial charge in [-0.25, -0.2) is 13.4 Å². The number of nitrogens with one attached hydrogen (secondary N) is 2. The van der Waals surface area contributed by atoms with Crippen molar-refractivity contribution in [3.63, 3.8) is 0 Å². The minimum absolute atomic E-state index is 0.148. The van der Waals surface area contributed by atoms with Crippen LogP contribution >= 0.6 is 11.8 Å². The third-order valence-electron chi connectivity index (χ3n) is 4.32. The van der Waals surface area contributed by atoms with E-state index in [9.17, 15) is 18.0 Å². The van der Waals surface area contributed by atoms with Crippen molar-refractivity contribution in [1.82, 2.24) is 20.1 Å². The molecule has 1 aliphatic heterocycles. The maximum Gasteiger partial charge on any atom is 0.272 e. The number of benzene rings is 1. The number of pyridine rings is 1. The fourth-order valence-corrected chi connectivity index (χ4v) is 4.90. The number of aromatic nitrogens is 1. The van der Waals surface area contributed by atoms with E-state index in [0.717, 1.165) is 12.8 Å². The second-order valence-electron chi connectivity index (χ2n) is 6.10. The van der Waals surface area contributed by atoms with Crippen molar-refractivity contribution >= 4 is 33.6 Å². The number of thioether (sulfide) groups is 1. The number of hydrogen-bond donors (Lipinski definition) is 2. The summed E-state index contributed by atoms with van der Waals surface area (Å²) < 4.78 is 26.5. The Hall–Kier alpha value is -2.43. The number of sulfonamides is 1. The van der Waals surface area contributed by atoms with Crippen molar-refractivity contribution in [3.8, 4) is 0 Å². The van der Waals surface area contributed by atoms with Crippen molar-refractivity contribution in [2.45, 2.75) is 22.8 Å². The monoisotopic (exact) mass is 420 g/mol. The van der Waals surface area contributed by atoms with Gasteiger partial charge < -0.3 is 0 Å². The highest BCUT2D eigenvalue weighted by Crippen LogP contribution is 2.21. The zero-order chi connectivity index (χ0) is 20.1. The average molecular weight is 421 g/mol. The fraction of sp³-hybridized carbons (Fsp3) is 0.278. The summed E-state index contributed by atoms with van der Waals surface area (Å²) in [6.07, 6.45) is 5.09. The highest BCUT2D eigenvalue weighted by Gasteiger charge is 2.27. The molecule has 2 aromatic rings. The van der Waals surface area contributed by atoms with Crippen molar-refractivity contribution in [1.29, 1.82) is 0 Å². The SMILES string of the molecule is CSc1ncccc1C(=O)NNC(=O)c1ccc(S(=O)(=O)N2CCCC2)cc1. The number of hydrazine groups is 1. The van der Waals surface area contributed by atoms with E-state index in [0.29, 0.717) is 23.7 Å². The molecule has 28 heavy (non-hydrogen) atoms. The van der Waals surface area contributed by atoms with E-state index < -0.39 is 21.8 Å². The summed E-state index contributed by atoms with van der Waals surface area (Å²) in [5.41, 5.74) is 5.25. The lowest BCUT2D eigenvalue weighted by molar-refractivity contribution is 0.0844. The maximum atomic E-state index is 12.5. The summed E-state index contributed by atoms with van der Waals surface area (Å²) in [7, 11) is -3.53. The van der Waals surface area contributed by atoms with Gasteiger partial charge in [0.2, 0.25) is 10.0 Å². The third kappa shape index (κ3) is 4.34. The highest BCUT2D eigenvalue weighted by molar-refractivity contribution is 7.98. The zero-order valence-corrected chi connectivity index (χ0v) is 16.8. The van der Waals surface area contributed by atoms with Gasteiger partial charge in [0, 0.05) is 24.8 Å². The molecular formula is C18H20N4O4S2. The molecule has 1 aromatic carbocycles. The quantitative estimate of drug-likeness (QED) is 0.563. The number of hydrogen-bond acceptors (Lipinski definition) is 6. The van der Waals surface area contributed by atoms with Crippen LogP contribution in [0.3, 0.4) is 0 Å². The van der Waals surface area contributed by atoms with E-state index in [4.69, 9.17) is 0 Å². The molecule has 0 bridgehead atoms. The number of nitrogens with zero attached hydrogens (tertiary/aromatic N) is 2. The van der Waals surface area contributed by atoms with Crippen LogP contribution in [0.25, 0.3) is 0 Å². The largest absolute Gasteiger partial charge is 0.272 e. The van der Waals surface area contributed by atoms with E-state index in [-0.39, 0.29) is 10.5 Å². The van der Waals surface area contributed by atoms with Crippen LogP contribution in [0.5, 0.6) is 0 Å². The summed E-state index contributed by atoms with van der Waals surface area (Å²) in [6.45, 7) is 1.03. The average Bonchev–Trinajstić information content (AvgIpc) is 3.27. The molecule has 10 heteroatoms. The Morgan fingerprint density at radius 1 is 1.04 bits per heavy atom. The minimum atomic E-state index is -3.53. The van der Waals surface area contributed by atoms with Gasteiger partial charge in [0.25, 0.3) is 11.8 Å². The van der Waals surface area contributed by atoms with Gasteiger partial charge in [-0.15, -0.1) is 11.8 Å². The summed E-state index contributed by atoms with van der Waals surface area (Å²) in [5, 5.41) is 0.547. The summed E-state index contributed by atoms with van der Waals surface area (Å²) >= 11 is 1.32. The lowest BCUT2D eigenvalue weighted by Gasteiger charge is -2.15. The molecular weight excluding hydrogens is 400 g/mol. The maximum absolute atomic E-state index is 12.5. The molecule has 8 nitrogen and oxygen atoms in total. The second-order valence-corrected chi connectivity index (χ2v) is 8.84. The summed E-state index contributed by atoms with van der Waals surface area (Å²) in [6, 6.07) is 8.88. The smallest absolute Gasteiger partial charge is 0.267 e. The topological polar surface area (TPSA) is 108 Å². The van der Waals surface area contributed by atoms with Gasteiger partial charge in [-0.05, 0) is 55.5 Å². The Bertz CT molecular complexity index is 971. The molecule has 1 fully saturated rings. The summed E-state index contributed by atoms with van der Waals surface area (Å²) in [5.74, 6) is -1.04. The minimum Gasteiger partial charge on any atom is -0.267 e. The first-order chi connectivity index (χ1) is 13.4. The molecule has 2 heterocycles. The lowest BCUT2D eigenvalue weighted by Crippen LogP contribution is -2.41. The van der Waals surface area contributed by atoms with Crippen LogP contribution in [-0.2, 0) is 10.0 Å². The van der Waals surface area contributed by atoms with Gasteiger partial charge in [-0.3, -0.25) is 20.4 Å². The number of carbonyl (C=O) groups is 2. The molecule has 3 rings (SSSR count). The Labute approximate surface area is 167 Å². The third-order valence-corrected chi connectivity index (χ3v) is 6.94. The first kappa shape index (κ1) is 20.3. The van der Waals surface area contributed by atoms with Gasteiger partial charge >= 0.3 is 0 Å². The Kier molecular flexibility index (Phi) is 6.32. The Morgan fingerprint density at radius 2 is 1.68 bits per heavy atom. The molecule has 0 aliphatic carbocycles. The van der Waals surface area contributed by atoms with Gasteiger partial charge in [0.15, 0.2) is 0 Å². The molecule has 0 spiro atoms. The van der Waals surface area contributed by atoms with Crippen LogP contribution < -0.4 is 10.9 Å². The molecule has 1 aromatic heterocycles. The molecule has 2 amide bonds. The van der Waals surface area contributed by atoms with Crippen LogP contribution in [0, 0.1) is 0 Å². The Morgan fingerprint density at radius 3 is 2.32 bits per heavy atom. The van der Waals surface area contributed by atoms with Crippen molar-refractivity contribution in [2.75, 3.05) is 19.3 Å². The number of carbonyl (C=O) groups excluding carboxylic acids is 2. The number of rotatable bonds is 5. The van der Waals surface area contributed by atoms with Gasteiger partial charge in [0.1, 0.15) is 5.03 Å². The Balaban J connectivity index is 1.64. The highest BCUT2D eigenvalue weighted by atomic mass is 32.2. The zero-order valence-electron chi connectivity index (χ0n) is 15.2. The standard InChI is InChI=1S/C18H20N4O4S2/c1-27-18-15(5-4-10-19-18)17(24)21-20-16(23)13-6-8-14(9-7-13)28(25,26)22-11-2-3-12-22/h4-10H,2-3,11-12H2,1H3,(H,20,23)(H,21,24). The van der Waals surface area contributed by atoms with Crippen LogP contribution in [0.2, 0.25) is 0 Å². The molecule has 0 saturated carbocycles. The van der Waals surface area contributed by atoms with Crippen molar-refractivity contribution < 1.29 is 18.0 Å². The molecule has 0 unspecified atom stereocenters. The van der Waals surface area contributed by atoms with Crippen LogP contribution in [0.4, 0.5) is 0 Å². The van der Waals surface area contributed by atoms with Crippen molar-refractivity contribution in [3.05, 3.63) is 53.7 Å². The normalized spacial score (nSPS) is 14.6. The summed E-state index contributed by atoms with van der Waals surface area (Å²) in [4.78, 5) is 28.7. The molecule has 1 aliphatic rings. The molecule has 148 valence electrons. The van der Waals surface area contributed by atoms with Crippen LogP contribution in [-0.4, -0.2) is 48.9 Å². The van der Waals surface area contributed by atoms with E-state index >= 15 is 0 Å². The predicted molar refractivity (Wildman–Crippen MR) is 105 cm³/mol.